The number of benzene rings is 1. The first-order valence-corrected chi connectivity index (χ1v) is 8.63. The highest BCUT2D eigenvalue weighted by Gasteiger charge is 2.21. The smallest absolute Gasteiger partial charge is 0.328 e. The minimum absolute atomic E-state index is 0.286. The van der Waals surface area contributed by atoms with Crippen molar-refractivity contribution in [1.82, 2.24) is 10.3 Å². The van der Waals surface area contributed by atoms with Gasteiger partial charge in [-0.3, -0.25) is 9.78 Å². The van der Waals surface area contributed by atoms with E-state index in [1.165, 1.54) is 6.20 Å². The minimum atomic E-state index is -1.37. The Hall–Kier alpha value is -2.68. The molecule has 0 unspecified atom stereocenters. The number of nitrogens with one attached hydrogen (secondary N) is 1. The number of carboxylic acids is 1. The quantitative estimate of drug-likeness (QED) is 0.595. The van der Waals surface area contributed by atoms with Gasteiger partial charge in [0.2, 0.25) is 0 Å². The van der Waals surface area contributed by atoms with E-state index >= 15 is 0 Å². The van der Waals surface area contributed by atoms with Gasteiger partial charge in [-0.1, -0.05) is 11.6 Å². The van der Waals surface area contributed by atoms with Crippen LogP contribution in [0.4, 0.5) is 0 Å². The number of aromatic nitrogens is 1. The highest BCUT2D eigenvalue weighted by atomic mass is 35.5. The molecule has 0 aliphatic heterocycles. The van der Waals surface area contributed by atoms with Crippen LogP contribution in [-0.4, -0.2) is 39.7 Å². The van der Waals surface area contributed by atoms with E-state index in [-0.39, 0.29) is 4.88 Å². The van der Waals surface area contributed by atoms with Crippen LogP contribution in [0.3, 0.4) is 0 Å². The Labute approximate surface area is 156 Å². The minimum Gasteiger partial charge on any atom is -0.480 e. The van der Waals surface area contributed by atoms with Crippen LogP contribution in [0.15, 0.2) is 42.7 Å². The zero-order valence-electron chi connectivity index (χ0n) is 13.2. The van der Waals surface area contributed by atoms with Crippen molar-refractivity contribution in [3.05, 3.63) is 52.6 Å². The van der Waals surface area contributed by atoms with Crippen LogP contribution >= 0.6 is 22.9 Å². The molecule has 2 heterocycles. The fourth-order valence-corrected chi connectivity index (χ4v) is 3.25. The number of aliphatic hydroxyl groups excluding tert-OH is 1. The predicted octanol–water partition coefficient (Wildman–Crippen LogP) is 2.92. The zero-order chi connectivity index (χ0) is 18.7. The predicted molar refractivity (Wildman–Crippen MR) is 97.1 cm³/mol. The van der Waals surface area contributed by atoms with Crippen LogP contribution in [-0.2, 0) is 4.79 Å². The van der Waals surface area contributed by atoms with Crippen LogP contribution in [0, 0.1) is 0 Å². The Morgan fingerprint density at radius 3 is 2.65 bits per heavy atom. The summed E-state index contributed by atoms with van der Waals surface area (Å²) in [6.45, 7) is -0.696. The monoisotopic (exact) mass is 392 g/mol. The van der Waals surface area contributed by atoms with Gasteiger partial charge < -0.3 is 20.3 Å². The number of hydrogen-bond donors (Lipinski definition) is 3. The van der Waals surface area contributed by atoms with Crippen molar-refractivity contribution < 1.29 is 24.5 Å². The van der Waals surface area contributed by atoms with Gasteiger partial charge in [0.05, 0.1) is 22.4 Å². The molecular weight excluding hydrogens is 380 g/mol. The number of halogens is 1. The van der Waals surface area contributed by atoms with Gasteiger partial charge in [0.1, 0.15) is 5.75 Å². The molecule has 1 aromatic carbocycles. The summed E-state index contributed by atoms with van der Waals surface area (Å²) in [6.07, 6.45) is 3.12. The topological polar surface area (TPSA) is 109 Å². The second-order valence-corrected chi connectivity index (χ2v) is 6.78. The number of thiophene rings is 1. The number of carboxylic acid groups (broad SMARTS) is 1. The van der Waals surface area contributed by atoms with E-state index in [4.69, 9.17) is 26.6 Å². The number of aliphatic carboxylic acids is 1. The third kappa shape index (κ3) is 3.93. The number of fused-ring (bicyclic) bond motifs is 1. The summed E-state index contributed by atoms with van der Waals surface area (Å²) in [6, 6.07) is 7.03. The lowest BCUT2D eigenvalue weighted by atomic mass is 10.2. The van der Waals surface area contributed by atoms with Crippen molar-refractivity contribution in [1.29, 1.82) is 0 Å². The zero-order valence-corrected chi connectivity index (χ0v) is 14.8. The molecule has 0 spiro atoms. The number of pyridine rings is 1. The number of carbonyl (C=O) groups is 2. The highest BCUT2D eigenvalue weighted by molar-refractivity contribution is 7.20. The molecule has 2 aromatic heterocycles. The maximum Gasteiger partial charge on any atom is 0.328 e. The molecule has 0 aliphatic carbocycles. The van der Waals surface area contributed by atoms with E-state index in [1.807, 2.05) is 0 Å². The first-order valence-electron chi connectivity index (χ1n) is 7.43. The summed E-state index contributed by atoms with van der Waals surface area (Å²) in [4.78, 5) is 27.6. The number of carbonyl (C=O) groups excluding carboxylic acids is 1. The van der Waals surface area contributed by atoms with Crippen molar-refractivity contribution in [3.63, 3.8) is 0 Å². The molecule has 3 rings (SSSR count). The van der Waals surface area contributed by atoms with E-state index in [9.17, 15) is 9.59 Å². The lowest BCUT2D eigenvalue weighted by Gasteiger charge is -2.10. The molecule has 0 fully saturated rings. The number of hydrogen-bond acceptors (Lipinski definition) is 6. The number of nitrogens with zero attached hydrogens (tertiary/aromatic N) is 1. The van der Waals surface area contributed by atoms with Crippen LogP contribution in [0.2, 0.25) is 5.02 Å². The van der Waals surface area contributed by atoms with Gasteiger partial charge in [0.25, 0.3) is 5.91 Å². The van der Waals surface area contributed by atoms with E-state index in [0.29, 0.717) is 26.6 Å². The Kier molecular flexibility index (Phi) is 5.36. The average molecular weight is 393 g/mol. The van der Waals surface area contributed by atoms with Gasteiger partial charge in [-0.05, 0) is 30.3 Å². The van der Waals surface area contributed by atoms with E-state index < -0.39 is 24.5 Å². The van der Waals surface area contributed by atoms with Gasteiger partial charge in [-0.15, -0.1) is 11.3 Å². The Bertz CT molecular complexity index is 957. The average Bonchev–Trinajstić information content (AvgIpc) is 3.06. The van der Waals surface area contributed by atoms with Crippen LogP contribution in [0.5, 0.6) is 11.5 Å². The second-order valence-electron chi connectivity index (χ2n) is 5.26. The maximum absolute atomic E-state index is 12.2. The van der Waals surface area contributed by atoms with Crippen LogP contribution in [0.25, 0.3) is 10.1 Å². The molecular formula is C17H13ClN2O5S. The maximum atomic E-state index is 12.2. The third-order valence-electron chi connectivity index (χ3n) is 3.46. The van der Waals surface area contributed by atoms with Gasteiger partial charge in [0.15, 0.2) is 11.8 Å². The van der Waals surface area contributed by atoms with Gasteiger partial charge in [-0.25, -0.2) is 4.79 Å². The lowest BCUT2D eigenvalue weighted by Crippen LogP contribution is -2.43. The summed E-state index contributed by atoms with van der Waals surface area (Å²) in [5.74, 6) is -0.885. The van der Waals surface area contributed by atoms with Gasteiger partial charge >= 0.3 is 5.97 Å². The Morgan fingerprint density at radius 2 is 2.00 bits per heavy atom. The molecule has 0 radical (unpaired) electrons. The van der Waals surface area contributed by atoms with Crippen molar-refractivity contribution in [2.75, 3.05) is 6.61 Å². The SMILES string of the molecule is O=C(N[C@@H](CO)C(=O)O)c1cc2c(Oc3ccc(Cl)cc3)cncc2s1. The van der Waals surface area contributed by atoms with Gasteiger partial charge in [-0.2, -0.15) is 0 Å². The normalized spacial score (nSPS) is 11.9. The molecule has 0 aliphatic rings. The third-order valence-corrected chi connectivity index (χ3v) is 4.78. The molecule has 26 heavy (non-hydrogen) atoms. The van der Waals surface area contributed by atoms with Crippen molar-refractivity contribution in [2.24, 2.45) is 0 Å². The molecule has 0 saturated carbocycles. The van der Waals surface area contributed by atoms with Crippen molar-refractivity contribution in [2.45, 2.75) is 6.04 Å². The molecule has 9 heteroatoms. The molecule has 0 bridgehead atoms. The van der Waals surface area contributed by atoms with E-state index in [0.717, 1.165) is 11.3 Å². The number of amides is 1. The summed E-state index contributed by atoms with van der Waals surface area (Å²) in [7, 11) is 0. The summed E-state index contributed by atoms with van der Waals surface area (Å²) in [5, 5.41) is 21.5. The molecule has 1 amide bonds. The summed E-state index contributed by atoms with van der Waals surface area (Å²) < 4.78 is 6.51. The second kappa shape index (κ2) is 7.69. The first-order chi connectivity index (χ1) is 12.5. The molecule has 3 aromatic rings. The van der Waals surface area contributed by atoms with Crippen LogP contribution < -0.4 is 10.1 Å². The Balaban J connectivity index is 1.87. The van der Waals surface area contributed by atoms with Crippen LogP contribution in [0.1, 0.15) is 9.67 Å². The fraction of sp³-hybridized carbons (Fsp3) is 0.118. The number of rotatable bonds is 6. The van der Waals surface area contributed by atoms with Gasteiger partial charge in [0, 0.05) is 16.6 Å². The van der Waals surface area contributed by atoms with E-state index in [2.05, 4.69) is 10.3 Å². The molecule has 1 atom stereocenters. The molecule has 3 N–H and O–H groups in total. The summed E-state index contributed by atoms with van der Waals surface area (Å²) in [5.41, 5.74) is 0. The lowest BCUT2D eigenvalue weighted by molar-refractivity contribution is -0.140. The standard InChI is InChI=1S/C17H13ClN2O5S/c18-9-1-3-10(4-2-9)25-13-6-19-7-15-11(13)5-14(26-15)16(22)20-12(8-21)17(23)24/h1-7,12,21H,8H2,(H,20,22)(H,23,24)/t12-/m0/s1. The summed E-state index contributed by atoms with van der Waals surface area (Å²) >= 11 is 7.00. The largest absolute Gasteiger partial charge is 0.480 e. The number of ether oxygens (including phenoxy) is 1. The molecule has 134 valence electrons. The fourth-order valence-electron chi connectivity index (χ4n) is 2.17. The number of aliphatic hydroxyl groups is 1. The van der Waals surface area contributed by atoms with Crippen molar-refractivity contribution >= 4 is 44.9 Å². The molecule has 7 nitrogen and oxygen atoms in total. The van der Waals surface area contributed by atoms with E-state index in [1.54, 1.807) is 36.5 Å². The first kappa shape index (κ1) is 18.1. The molecule has 0 saturated heterocycles. The highest BCUT2D eigenvalue weighted by Crippen LogP contribution is 2.34. The van der Waals surface area contributed by atoms with Crippen molar-refractivity contribution in [3.8, 4) is 11.5 Å². The Morgan fingerprint density at radius 1 is 1.27 bits per heavy atom.